The standard InChI is InChI=1S/C25H29N5O2/c31-23(28-20-10-18-3-1-2-4-19(18)11-20)21-22(27-6-5-26-21)29-24(32)30-25-12-15-7-16(13-25)9-17(8-15)14-25/h1-6,15-17,20H,7-14H2,(H,28,31)(H2,27,29,30,32). The molecule has 0 aliphatic heterocycles. The Hall–Kier alpha value is -2.96. The van der Waals surface area contributed by atoms with Gasteiger partial charge in [-0.05, 0) is 80.2 Å². The van der Waals surface area contributed by atoms with Gasteiger partial charge in [0.25, 0.3) is 5.91 Å². The molecule has 3 N–H and O–H groups in total. The third-order valence-corrected chi connectivity index (χ3v) is 7.95. The summed E-state index contributed by atoms with van der Waals surface area (Å²) in [7, 11) is 0. The number of nitrogens with zero attached hydrogens (tertiary/aromatic N) is 2. The quantitative estimate of drug-likeness (QED) is 0.691. The molecule has 2 aromatic rings. The summed E-state index contributed by atoms with van der Waals surface area (Å²) in [6.07, 6.45) is 11.8. The summed E-state index contributed by atoms with van der Waals surface area (Å²) in [6.45, 7) is 0. The number of hydrogen-bond acceptors (Lipinski definition) is 4. The van der Waals surface area contributed by atoms with Crippen molar-refractivity contribution in [3.8, 4) is 0 Å². The second kappa shape index (κ2) is 7.57. The molecule has 7 nitrogen and oxygen atoms in total. The Kier molecular flexibility index (Phi) is 4.66. The van der Waals surface area contributed by atoms with Gasteiger partial charge in [-0.15, -0.1) is 0 Å². The van der Waals surface area contributed by atoms with Crippen LogP contribution in [0.2, 0.25) is 0 Å². The summed E-state index contributed by atoms with van der Waals surface area (Å²) in [5, 5.41) is 9.17. The lowest BCUT2D eigenvalue weighted by Gasteiger charge is -2.56. The van der Waals surface area contributed by atoms with E-state index in [1.54, 1.807) is 0 Å². The molecule has 166 valence electrons. The number of urea groups is 1. The monoisotopic (exact) mass is 431 g/mol. The highest BCUT2D eigenvalue weighted by atomic mass is 16.2. The Morgan fingerprint density at radius 3 is 2.09 bits per heavy atom. The summed E-state index contributed by atoms with van der Waals surface area (Å²) in [6, 6.07) is 7.99. The highest BCUT2D eigenvalue weighted by Gasteiger charge is 2.51. The summed E-state index contributed by atoms with van der Waals surface area (Å²) < 4.78 is 0. The van der Waals surface area contributed by atoms with Crippen LogP contribution in [-0.4, -0.2) is 33.5 Å². The zero-order chi connectivity index (χ0) is 21.7. The predicted octanol–water partition coefficient (Wildman–Crippen LogP) is 3.46. The predicted molar refractivity (Wildman–Crippen MR) is 120 cm³/mol. The fourth-order valence-corrected chi connectivity index (χ4v) is 7.15. The first-order chi connectivity index (χ1) is 15.6. The van der Waals surface area contributed by atoms with E-state index in [0.717, 1.165) is 49.9 Å². The summed E-state index contributed by atoms with van der Waals surface area (Å²) in [5.41, 5.74) is 2.60. The van der Waals surface area contributed by atoms with Crippen molar-refractivity contribution >= 4 is 17.8 Å². The summed E-state index contributed by atoms with van der Waals surface area (Å²) in [5.74, 6) is 2.14. The zero-order valence-electron chi connectivity index (χ0n) is 18.1. The van der Waals surface area contributed by atoms with Crippen LogP contribution in [0.25, 0.3) is 0 Å². The molecular formula is C25H29N5O2. The van der Waals surface area contributed by atoms with Crippen molar-refractivity contribution in [1.82, 2.24) is 20.6 Å². The summed E-state index contributed by atoms with van der Waals surface area (Å²) in [4.78, 5) is 34.4. The largest absolute Gasteiger partial charge is 0.347 e. The van der Waals surface area contributed by atoms with Crippen LogP contribution in [-0.2, 0) is 12.8 Å². The molecule has 4 saturated carbocycles. The summed E-state index contributed by atoms with van der Waals surface area (Å²) >= 11 is 0. The molecule has 0 saturated heterocycles. The Balaban J connectivity index is 1.12. The number of fused-ring (bicyclic) bond motifs is 1. The number of nitrogens with one attached hydrogen (secondary N) is 3. The highest BCUT2D eigenvalue weighted by Crippen LogP contribution is 2.55. The van der Waals surface area contributed by atoms with E-state index in [2.05, 4.69) is 38.1 Å². The van der Waals surface area contributed by atoms with Gasteiger partial charge in [0.05, 0.1) is 0 Å². The van der Waals surface area contributed by atoms with Crippen LogP contribution in [0.3, 0.4) is 0 Å². The molecule has 7 rings (SSSR count). The van der Waals surface area contributed by atoms with Gasteiger partial charge in [-0.2, -0.15) is 0 Å². The van der Waals surface area contributed by atoms with Crippen LogP contribution in [0.15, 0.2) is 36.7 Å². The van der Waals surface area contributed by atoms with Crippen LogP contribution in [0, 0.1) is 17.8 Å². The molecule has 1 aromatic carbocycles. The van der Waals surface area contributed by atoms with Gasteiger partial charge in [0, 0.05) is 24.0 Å². The van der Waals surface area contributed by atoms with E-state index in [1.165, 1.54) is 42.8 Å². The Bertz CT molecular complexity index is 1010. The van der Waals surface area contributed by atoms with Crippen LogP contribution in [0.4, 0.5) is 10.6 Å². The minimum Gasteiger partial charge on any atom is -0.347 e. The first-order valence-electron chi connectivity index (χ1n) is 11.8. The van der Waals surface area contributed by atoms with Gasteiger partial charge in [-0.25, -0.2) is 14.8 Å². The fraction of sp³-hybridized carbons (Fsp3) is 0.520. The van der Waals surface area contributed by atoms with E-state index >= 15 is 0 Å². The number of anilines is 1. The average Bonchev–Trinajstić information content (AvgIpc) is 3.15. The van der Waals surface area contributed by atoms with Gasteiger partial charge in [0.1, 0.15) is 0 Å². The van der Waals surface area contributed by atoms with Crippen molar-refractivity contribution in [2.24, 2.45) is 17.8 Å². The lowest BCUT2D eigenvalue weighted by molar-refractivity contribution is -0.0127. The van der Waals surface area contributed by atoms with Crippen LogP contribution in [0.5, 0.6) is 0 Å². The molecule has 1 heterocycles. The molecule has 0 radical (unpaired) electrons. The van der Waals surface area contributed by atoms with E-state index in [0.29, 0.717) is 0 Å². The Morgan fingerprint density at radius 2 is 1.47 bits per heavy atom. The topological polar surface area (TPSA) is 96.0 Å². The minimum absolute atomic E-state index is 0.0237. The smallest absolute Gasteiger partial charge is 0.320 e. The van der Waals surface area contributed by atoms with Crippen LogP contribution < -0.4 is 16.0 Å². The van der Waals surface area contributed by atoms with Gasteiger partial charge < -0.3 is 10.6 Å². The van der Waals surface area contributed by atoms with Crippen molar-refractivity contribution in [3.05, 3.63) is 53.5 Å². The molecule has 0 atom stereocenters. The van der Waals surface area contributed by atoms with Crippen molar-refractivity contribution in [3.63, 3.8) is 0 Å². The number of carbonyl (C=O) groups is 2. The number of benzene rings is 1. The van der Waals surface area contributed by atoms with Crippen molar-refractivity contribution in [2.45, 2.75) is 62.9 Å². The Morgan fingerprint density at radius 1 is 0.875 bits per heavy atom. The first-order valence-corrected chi connectivity index (χ1v) is 11.8. The lowest BCUT2D eigenvalue weighted by atomic mass is 9.53. The van der Waals surface area contributed by atoms with E-state index in [4.69, 9.17) is 0 Å². The second-order valence-corrected chi connectivity index (χ2v) is 10.4. The molecule has 0 spiro atoms. The number of aromatic nitrogens is 2. The van der Waals surface area contributed by atoms with Crippen LogP contribution in [0.1, 0.15) is 60.1 Å². The average molecular weight is 432 g/mol. The molecule has 1 aromatic heterocycles. The van der Waals surface area contributed by atoms with E-state index < -0.39 is 0 Å². The molecular weight excluding hydrogens is 402 g/mol. The molecule has 32 heavy (non-hydrogen) atoms. The van der Waals surface area contributed by atoms with Gasteiger partial charge in [-0.3, -0.25) is 10.1 Å². The Labute approximate surface area is 187 Å². The molecule has 5 aliphatic carbocycles. The third kappa shape index (κ3) is 3.63. The van der Waals surface area contributed by atoms with Gasteiger partial charge in [0.15, 0.2) is 11.5 Å². The second-order valence-electron chi connectivity index (χ2n) is 10.4. The van der Waals surface area contributed by atoms with Gasteiger partial charge in [-0.1, -0.05) is 24.3 Å². The van der Waals surface area contributed by atoms with Crippen molar-refractivity contribution in [2.75, 3.05) is 5.32 Å². The molecule has 3 amide bonds. The van der Waals surface area contributed by atoms with E-state index in [-0.39, 0.29) is 35.0 Å². The molecule has 4 bridgehead atoms. The maximum atomic E-state index is 13.0. The number of rotatable bonds is 4. The maximum absolute atomic E-state index is 13.0. The van der Waals surface area contributed by atoms with Crippen molar-refractivity contribution in [1.29, 1.82) is 0 Å². The lowest BCUT2D eigenvalue weighted by Crippen LogP contribution is -2.60. The normalized spacial score (nSPS) is 30.1. The van der Waals surface area contributed by atoms with Gasteiger partial charge >= 0.3 is 6.03 Å². The zero-order valence-corrected chi connectivity index (χ0v) is 18.1. The van der Waals surface area contributed by atoms with E-state index in [9.17, 15) is 9.59 Å². The number of carbonyl (C=O) groups excluding carboxylic acids is 2. The van der Waals surface area contributed by atoms with Crippen LogP contribution >= 0.6 is 0 Å². The molecule has 5 aliphatic rings. The van der Waals surface area contributed by atoms with Crippen molar-refractivity contribution < 1.29 is 9.59 Å². The number of hydrogen-bond donors (Lipinski definition) is 3. The molecule has 7 heteroatoms. The molecule has 4 fully saturated rings. The van der Waals surface area contributed by atoms with Gasteiger partial charge in [0.2, 0.25) is 0 Å². The first kappa shape index (κ1) is 19.7. The number of amides is 3. The molecule has 0 unspecified atom stereocenters. The van der Waals surface area contributed by atoms with E-state index in [1.807, 2.05) is 12.1 Å². The third-order valence-electron chi connectivity index (χ3n) is 7.95. The SMILES string of the molecule is O=C(Nc1nccnc1C(=O)NC1Cc2ccccc2C1)NC12CC3CC(CC(C3)C1)C2. The minimum atomic E-state index is -0.305. The highest BCUT2D eigenvalue weighted by molar-refractivity contribution is 6.01. The maximum Gasteiger partial charge on any atom is 0.320 e. The fourth-order valence-electron chi connectivity index (χ4n) is 7.15.